The predicted octanol–water partition coefficient (Wildman–Crippen LogP) is 2.95. The van der Waals surface area contributed by atoms with E-state index < -0.39 is 23.9 Å². The zero-order chi connectivity index (χ0) is 16.2. The molecule has 1 aliphatic heterocycles. The lowest BCUT2D eigenvalue weighted by Crippen LogP contribution is -2.54. The van der Waals surface area contributed by atoms with Crippen molar-refractivity contribution >= 4 is 11.8 Å². The van der Waals surface area contributed by atoms with Crippen LogP contribution in [0.15, 0.2) is 30.3 Å². The fourth-order valence-electron chi connectivity index (χ4n) is 2.32. The molecule has 1 fully saturated rings. The topological polar surface area (TPSA) is 53.6 Å². The van der Waals surface area contributed by atoms with Crippen LogP contribution in [-0.2, 0) is 4.74 Å². The van der Waals surface area contributed by atoms with E-state index in [0.717, 1.165) is 5.69 Å². The maximum atomic E-state index is 14.2. The van der Waals surface area contributed by atoms with Crippen LogP contribution in [0.4, 0.5) is 14.9 Å². The smallest absolute Gasteiger partial charge is 0.407 e. The maximum absolute atomic E-state index is 14.2. The summed E-state index contributed by atoms with van der Waals surface area (Å²) in [6.45, 7) is 6.22. The summed E-state index contributed by atoms with van der Waals surface area (Å²) >= 11 is 0. The summed E-state index contributed by atoms with van der Waals surface area (Å²) in [5.41, 5.74) is 3.52. The summed E-state index contributed by atoms with van der Waals surface area (Å²) in [4.78, 5) is 11.7. The number of hydrazine groups is 1. The summed E-state index contributed by atoms with van der Waals surface area (Å²) in [5, 5.41) is 4.45. The van der Waals surface area contributed by atoms with Crippen LogP contribution in [0.5, 0.6) is 0 Å². The molecule has 0 spiro atoms. The van der Waals surface area contributed by atoms with E-state index in [1.54, 1.807) is 20.8 Å². The summed E-state index contributed by atoms with van der Waals surface area (Å²) in [7, 11) is 0. The second kappa shape index (κ2) is 6.96. The molecule has 1 aromatic rings. The molecule has 122 valence electrons. The van der Waals surface area contributed by atoms with Crippen molar-refractivity contribution in [2.24, 2.45) is 0 Å². The van der Waals surface area contributed by atoms with Gasteiger partial charge < -0.3 is 15.5 Å². The van der Waals surface area contributed by atoms with Crippen LogP contribution in [0.1, 0.15) is 27.2 Å². The van der Waals surface area contributed by atoms with Crippen LogP contribution < -0.4 is 10.7 Å². The molecule has 1 aromatic carbocycles. The zero-order valence-electron chi connectivity index (χ0n) is 13.3. The van der Waals surface area contributed by atoms with Gasteiger partial charge in [-0.15, -0.1) is 0 Å². The number of carbonyl (C=O) groups excluding carboxylic acids is 1. The number of halogens is 1. The molecule has 2 unspecified atom stereocenters. The molecule has 0 radical (unpaired) electrons. The number of amides is 1. The van der Waals surface area contributed by atoms with Gasteiger partial charge in [-0.05, 0) is 39.3 Å². The van der Waals surface area contributed by atoms with E-state index >= 15 is 0 Å². The van der Waals surface area contributed by atoms with Gasteiger partial charge in [-0.1, -0.05) is 18.2 Å². The van der Waals surface area contributed by atoms with Crippen LogP contribution in [0.25, 0.3) is 0 Å². The van der Waals surface area contributed by atoms with Crippen molar-refractivity contribution in [3.05, 3.63) is 30.3 Å². The second-order valence-electron chi connectivity index (χ2n) is 6.48. The quantitative estimate of drug-likeness (QED) is 0.901. The number of benzene rings is 1. The molecule has 5 nitrogen and oxygen atoms in total. The first-order valence-electron chi connectivity index (χ1n) is 7.54. The molecule has 0 saturated carbocycles. The Morgan fingerprint density at radius 3 is 2.59 bits per heavy atom. The highest BCUT2D eigenvalue weighted by Crippen LogP contribution is 2.17. The van der Waals surface area contributed by atoms with E-state index in [1.807, 2.05) is 35.3 Å². The number of para-hydroxylation sites is 1. The number of hydrogen-bond donors (Lipinski definition) is 2. The number of hydrogen-bond acceptors (Lipinski definition) is 4. The number of anilines is 1. The number of rotatable bonds is 3. The third kappa shape index (κ3) is 5.18. The number of nitrogens with zero attached hydrogens (tertiary/aromatic N) is 1. The van der Waals surface area contributed by atoms with Crippen molar-refractivity contribution in [2.75, 3.05) is 18.5 Å². The minimum Gasteiger partial charge on any atom is -0.444 e. The van der Waals surface area contributed by atoms with Gasteiger partial charge in [0.15, 0.2) is 0 Å². The molecule has 22 heavy (non-hydrogen) atoms. The second-order valence-corrected chi connectivity index (χ2v) is 6.48. The third-order valence-corrected chi connectivity index (χ3v) is 3.30. The van der Waals surface area contributed by atoms with Crippen LogP contribution >= 0.6 is 0 Å². The summed E-state index contributed by atoms with van der Waals surface area (Å²) in [6.07, 6.45) is -1.18. The molecular weight excluding hydrogens is 285 g/mol. The van der Waals surface area contributed by atoms with Gasteiger partial charge in [-0.3, -0.25) is 0 Å². The number of alkyl halides is 1. The van der Waals surface area contributed by atoms with Crippen LogP contribution in [-0.4, -0.2) is 42.0 Å². The predicted molar refractivity (Wildman–Crippen MR) is 84.3 cm³/mol. The number of nitrogens with one attached hydrogen (secondary N) is 2. The Hall–Kier alpha value is -1.82. The van der Waals surface area contributed by atoms with Gasteiger partial charge in [0.05, 0.1) is 12.6 Å². The van der Waals surface area contributed by atoms with Gasteiger partial charge in [0.2, 0.25) is 0 Å². The Kier molecular flexibility index (Phi) is 5.24. The van der Waals surface area contributed by atoms with Gasteiger partial charge in [-0.25, -0.2) is 14.2 Å². The fraction of sp³-hybridized carbons (Fsp3) is 0.562. The first-order valence-corrected chi connectivity index (χ1v) is 7.54. The summed E-state index contributed by atoms with van der Waals surface area (Å²) in [6, 6.07) is 9.12. The zero-order valence-corrected chi connectivity index (χ0v) is 13.3. The van der Waals surface area contributed by atoms with Crippen molar-refractivity contribution in [3.8, 4) is 0 Å². The molecular formula is C16H24FN3O2. The normalized spacial score (nSPS) is 22.9. The van der Waals surface area contributed by atoms with E-state index in [0.29, 0.717) is 13.0 Å². The van der Waals surface area contributed by atoms with E-state index in [2.05, 4.69) is 10.7 Å². The number of ether oxygens (including phenoxy) is 1. The summed E-state index contributed by atoms with van der Waals surface area (Å²) < 4.78 is 19.4. The highest BCUT2D eigenvalue weighted by Gasteiger charge is 2.31. The molecule has 1 aliphatic rings. The average molecular weight is 309 g/mol. The molecule has 0 bridgehead atoms. The highest BCUT2D eigenvalue weighted by atomic mass is 19.1. The minimum absolute atomic E-state index is 0.218. The fourth-order valence-corrected chi connectivity index (χ4v) is 2.32. The number of piperidine rings is 1. The average Bonchev–Trinajstić information content (AvgIpc) is 2.41. The Morgan fingerprint density at radius 2 is 2.00 bits per heavy atom. The van der Waals surface area contributed by atoms with E-state index in [-0.39, 0.29) is 6.54 Å². The van der Waals surface area contributed by atoms with E-state index in [4.69, 9.17) is 4.74 Å². The Labute approximate surface area is 130 Å². The lowest BCUT2D eigenvalue weighted by atomic mass is 10.0. The van der Waals surface area contributed by atoms with Crippen LogP contribution in [0.3, 0.4) is 0 Å². The van der Waals surface area contributed by atoms with E-state index in [1.165, 1.54) is 0 Å². The third-order valence-electron chi connectivity index (χ3n) is 3.30. The van der Waals surface area contributed by atoms with Gasteiger partial charge in [0, 0.05) is 12.2 Å². The van der Waals surface area contributed by atoms with Crippen LogP contribution in [0.2, 0.25) is 0 Å². The van der Waals surface area contributed by atoms with Gasteiger partial charge in [0.25, 0.3) is 0 Å². The molecule has 1 saturated heterocycles. The van der Waals surface area contributed by atoms with Gasteiger partial charge in [-0.2, -0.15) is 0 Å². The highest BCUT2D eigenvalue weighted by molar-refractivity contribution is 5.68. The number of alkyl carbamates (subject to hydrolysis) is 1. The van der Waals surface area contributed by atoms with Crippen molar-refractivity contribution in [1.82, 2.24) is 10.3 Å². The summed E-state index contributed by atoms with van der Waals surface area (Å²) in [5.74, 6) is 0. The number of carbonyl (C=O) groups is 1. The minimum atomic E-state index is -1.14. The Balaban J connectivity index is 1.81. The maximum Gasteiger partial charge on any atom is 0.407 e. The molecule has 2 rings (SSSR count). The van der Waals surface area contributed by atoms with Gasteiger partial charge >= 0.3 is 6.09 Å². The van der Waals surface area contributed by atoms with Gasteiger partial charge in [0.1, 0.15) is 11.8 Å². The lowest BCUT2D eigenvalue weighted by Gasteiger charge is -2.35. The molecule has 0 aliphatic carbocycles. The van der Waals surface area contributed by atoms with Crippen molar-refractivity contribution in [1.29, 1.82) is 0 Å². The van der Waals surface area contributed by atoms with Crippen molar-refractivity contribution in [3.63, 3.8) is 0 Å². The van der Waals surface area contributed by atoms with Crippen molar-refractivity contribution < 1.29 is 13.9 Å². The SMILES string of the molecule is CC(C)(C)OC(=O)NC1CCN(Nc2ccccc2)CC1F. The molecule has 2 N–H and O–H groups in total. The molecule has 0 aromatic heterocycles. The molecule has 1 amide bonds. The Bertz CT molecular complexity index is 490. The molecule has 1 heterocycles. The monoisotopic (exact) mass is 309 g/mol. The molecule has 6 heteroatoms. The first kappa shape index (κ1) is 16.5. The largest absolute Gasteiger partial charge is 0.444 e. The first-order chi connectivity index (χ1) is 10.3. The van der Waals surface area contributed by atoms with Crippen molar-refractivity contribution in [2.45, 2.75) is 45.0 Å². The Morgan fingerprint density at radius 1 is 1.32 bits per heavy atom. The molecule has 2 atom stereocenters. The van der Waals surface area contributed by atoms with E-state index in [9.17, 15) is 9.18 Å². The lowest BCUT2D eigenvalue weighted by molar-refractivity contribution is 0.0415. The standard InChI is InChI=1S/C16H24FN3O2/c1-16(2,3)22-15(21)18-14-9-10-20(11-13(14)17)19-12-7-5-4-6-8-12/h4-8,13-14,19H,9-11H2,1-3H3,(H,18,21). The van der Waals surface area contributed by atoms with Crippen LogP contribution in [0, 0.1) is 0 Å².